The molecule has 0 aliphatic rings. The maximum Gasteiger partial charge on any atom is 0.468 e. The van der Waals surface area contributed by atoms with Gasteiger partial charge < -0.3 is 14.2 Å². The second-order valence-electron chi connectivity index (χ2n) is 4.80. The number of halogens is 6. The minimum absolute atomic E-state index is 0.00459. The van der Waals surface area contributed by atoms with Crippen molar-refractivity contribution in [3.8, 4) is 0 Å². The zero-order valence-corrected chi connectivity index (χ0v) is 14.3. The molecule has 0 rings (SSSR count). The van der Waals surface area contributed by atoms with E-state index >= 15 is 0 Å². The van der Waals surface area contributed by atoms with Gasteiger partial charge in [-0.1, -0.05) is 19.9 Å². The first-order chi connectivity index (χ1) is 12.0. The maximum atomic E-state index is 13.3. The van der Waals surface area contributed by atoms with E-state index < -0.39 is 58.3 Å². The van der Waals surface area contributed by atoms with Crippen LogP contribution in [0.25, 0.3) is 0 Å². The SMILES string of the molecule is C=C(F)C(=O)OC(OCC(F)(F)S(=O)(=O)O)(C(=O)OCCCC)C(F)(F)F. The highest BCUT2D eigenvalue weighted by molar-refractivity contribution is 7.86. The highest BCUT2D eigenvalue weighted by Gasteiger charge is 2.69. The first-order valence-electron chi connectivity index (χ1n) is 6.82. The summed E-state index contributed by atoms with van der Waals surface area (Å²) in [7, 11) is -6.27. The van der Waals surface area contributed by atoms with Crippen molar-refractivity contribution < 1.29 is 63.1 Å². The molecule has 27 heavy (non-hydrogen) atoms. The molecule has 8 nitrogen and oxygen atoms in total. The molecule has 0 saturated heterocycles. The van der Waals surface area contributed by atoms with Crippen LogP contribution in [0.15, 0.2) is 12.4 Å². The van der Waals surface area contributed by atoms with Crippen LogP contribution < -0.4 is 0 Å². The van der Waals surface area contributed by atoms with E-state index in [1.165, 1.54) is 0 Å². The zero-order valence-electron chi connectivity index (χ0n) is 13.5. The second kappa shape index (κ2) is 8.88. The number of alkyl halides is 5. The average molecular weight is 432 g/mol. The summed E-state index contributed by atoms with van der Waals surface area (Å²) in [6, 6.07) is 0. The van der Waals surface area contributed by atoms with Crippen LogP contribution in [0.5, 0.6) is 0 Å². The van der Waals surface area contributed by atoms with Crippen LogP contribution in [-0.4, -0.2) is 55.3 Å². The summed E-state index contributed by atoms with van der Waals surface area (Å²) in [5, 5.41) is -5.34. The van der Waals surface area contributed by atoms with E-state index in [0.717, 1.165) is 0 Å². The smallest absolute Gasteiger partial charge is 0.461 e. The Bertz CT molecular complexity index is 674. The Kier molecular flexibility index (Phi) is 8.26. The fraction of sp³-hybridized carbons (Fsp3) is 0.667. The molecule has 0 heterocycles. The van der Waals surface area contributed by atoms with E-state index in [2.05, 4.69) is 20.8 Å². The van der Waals surface area contributed by atoms with Crippen molar-refractivity contribution in [1.82, 2.24) is 0 Å². The first kappa shape index (κ1) is 25.1. The van der Waals surface area contributed by atoms with E-state index in [4.69, 9.17) is 4.55 Å². The van der Waals surface area contributed by atoms with Gasteiger partial charge in [-0.2, -0.15) is 34.8 Å². The normalized spacial score (nSPS) is 15.0. The summed E-state index contributed by atoms with van der Waals surface area (Å²) in [6.45, 7) is 0.360. The third kappa shape index (κ3) is 6.35. The number of hydrogen-bond acceptors (Lipinski definition) is 7. The van der Waals surface area contributed by atoms with Crippen molar-refractivity contribution in [2.45, 2.75) is 37.0 Å². The second-order valence-corrected chi connectivity index (χ2v) is 6.35. The average Bonchev–Trinajstić information content (AvgIpc) is 2.48. The van der Waals surface area contributed by atoms with Crippen molar-refractivity contribution in [1.29, 1.82) is 0 Å². The summed E-state index contributed by atoms with van der Waals surface area (Å²) in [5.41, 5.74) is 0. The van der Waals surface area contributed by atoms with Crippen LogP contribution >= 0.6 is 0 Å². The lowest BCUT2D eigenvalue weighted by Gasteiger charge is -2.32. The highest BCUT2D eigenvalue weighted by Crippen LogP contribution is 2.38. The molecule has 0 aliphatic carbocycles. The van der Waals surface area contributed by atoms with Gasteiger partial charge in [0.25, 0.3) is 0 Å². The number of hydrogen-bond donors (Lipinski definition) is 1. The fourth-order valence-electron chi connectivity index (χ4n) is 1.24. The lowest BCUT2D eigenvalue weighted by Crippen LogP contribution is -2.59. The Morgan fingerprint density at radius 2 is 1.67 bits per heavy atom. The number of rotatable bonds is 10. The minimum atomic E-state index is -6.27. The third-order valence-electron chi connectivity index (χ3n) is 2.65. The van der Waals surface area contributed by atoms with Crippen molar-refractivity contribution in [2.75, 3.05) is 13.2 Å². The van der Waals surface area contributed by atoms with Gasteiger partial charge in [-0.15, -0.1) is 0 Å². The molecular weight excluding hydrogens is 418 g/mol. The van der Waals surface area contributed by atoms with Crippen LogP contribution in [0, 0.1) is 0 Å². The molecule has 0 aromatic heterocycles. The number of esters is 2. The van der Waals surface area contributed by atoms with Gasteiger partial charge in [0.05, 0.1) is 6.61 Å². The van der Waals surface area contributed by atoms with Crippen molar-refractivity contribution >= 4 is 22.1 Å². The fourth-order valence-corrected chi connectivity index (χ4v) is 1.44. The van der Waals surface area contributed by atoms with E-state index in [9.17, 15) is 44.3 Å². The van der Waals surface area contributed by atoms with Crippen LogP contribution in [-0.2, 0) is 33.9 Å². The molecule has 0 bridgehead atoms. The molecule has 1 atom stereocenters. The molecule has 1 unspecified atom stereocenters. The van der Waals surface area contributed by atoms with Crippen LogP contribution in [0.3, 0.4) is 0 Å². The summed E-state index contributed by atoms with van der Waals surface area (Å²) in [5.74, 6) is -12.2. The van der Waals surface area contributed by atoms with Gasteiger partial charge in [0.1, 0.15) is 6.61 Å². The first-order valence-corrected chi connectivity index (χ1v) is 8.26. The summed E-state index contributed by atoms with van der Waals surface area (Å²) in [6.07, 6.45) is -5.80. The molecule has 0 fully saturated rings. The van der Waals surface area contributed by atoms with Gasteiger partial charge >= 0.3 is 39.3 Å². The highest BCUT2D eigenvalue weighted by atomic mass is 32.2. The zero-order chi connectivity index (χ0) is 21.7. The quantitative estimate of drug-likeness (QED) is 0.139. The largest absolute Gasteiger partial charge is 0.468 e. The topological polar surface area (TPSA) is 116 Å². The molecule has 0 aromatic rings. The molecule has 0 radical (unpaired) electrons. The summed E-state index contributed by atoms with van der Waals surface area (Å²) >= 11 is 0. The van der Waals surface area contributed by atoms with E-state index in [1.54, 1.807) is 6.92 Å². The van der Waals surface area contributed by atoms with Gasteiger partial charge in [-0.25, -0.2) is 9.59 Å². The Labute approximate surface area is 148 Å². The monoisotopic (exact) mass is 432 g/mol. The van der Waals surface area contributed by atoms with Gasteiger partial charge in [0.2, 0.25) is 5.83 Å². The van der Waals surface area contributed by atoms with Crippen LogP contribution in [0.2, 0.25) is 0 Å². The molecule has 1 N–H and O–H groups in total. The predicted octanol–water partition coefficient (Wildman–Crippen LogP) is 2.11. The van der Waals surface area contributed by atoms with Crippen molar-refractivity contribution in [3.05, 3.63) is 12.4 Å². The third-order valence-corrected chi connectivity index (χ3v) is 3.52. The Morgan fingerprint density at radius 1 is 1.15 bits per heavy atom. The molecule has 0 saturated carbocycles. The predicted molar refractivity (Wildman–Crippen MR) is 73.4 cm³/mol. The van der Waals surface area contributed by atoms with Crippen molar-refractivity contribution in [2.24, 2.45) is 0 Å². The molecule has 15 heteroatoms. The summed E-state index contributed by atoms with van der Waals surface area (Å²) in [4.78, 5) is 22.9. The lowest BCUT2D eigenvalue weighted by atomic mass is 10.2. The molecule has 0 aliphatic heterocycles. The van der Waals surface area contributed by atoms with Gasteiger partial charge in [-0.3, -0.25) is 4.55 Å². The Balaban J connectivity index is 6.03. The minimum Gasteiger partial charge on any atom is -0.461 e. The van der Waals surface area contributed by atoms with Crippen molar-refractivity contribution in [3.63, 3.8) is 0 Å². The van der Waals surface area contributed by atoms with Crippen LogP contribution in [0.1, 0.15) is 19.8 Å². The number of unbranched alkanes of at least 4 members (excludes halogenated alkanes) is 1. The number of carbonyl (C=O) groups excluding carboxylic acids is 2. The Morgan fingerprint density at radius 3 is 2.04 bits per heavy atom. The number of ether oxygens (including phenoxy) is 3. The molecule has 0 spiro atoms. The standard InChI is InChI=1S/C12H14F6O8S/c1-3-4-5-24-9(20)11(12(16,17)18,26-8(19)7(2)13)25-6-10(14,15)27(21,22)23/h2-6H2,1H3,(H,21,22,23). The Hall–Kier alpha value is -1.87. The van der Waals surface area contributed by atoms with Crippen LogP contribution in [0.4, 0.5) is 26.3 Å². The molecular formula is C12H14F6O8S. The number of carbonyl (C=O) groups is 2. The summed E-state index contributed by atoms with van der Waals surface area (Å²) < 4.78 is 120. The maximum absolute atomic E-state index is 13.3. The molecule has 158 valence electrons. The lowest BCUT2D eigenvalue weighted by molar-refractivity contribution is -0.360. The van der Waals surface area contributed by atoms with E-state index in [0.29, 0.717) is 6.42 Å². The van der Waals surface area contributed by atoms with Gasteiger partial charge in [0.15, 0.2) is 0 Å². The van der Waals surface area contributed by atoms with Gasteiger partial charge in [0, 0.05) is 0 Å². The molecule has 0 amide bonds. The van der Waals surface area contributed by atoms with E-state index in [1.807, 2.05) is 0 Å². The van der Waals surface area contributed by atoms with Gasteiger partial charge in [-0.05, 0) is 6.42 Å². The molecule has 0 aromatic carbocycles. The van der Waals surface area contributed by atoms with E-state index in [-0.39, 0.29) is 6.42 Å².